The number of hydrogen-bond donors (Lipinski definition) is 1. The second kappa shape index (κ2) is 10.3. The van der Waals surface area contributed by atoms with Crippen LogP contribution in [0.3, 0.4) is 0 Å². The van der Waals surface area contributed by atoms with E-state index in [-0.39, 0.29) is 17.2 Å². The Balaban J connectivity index is 1.63. The molecule has 1 aliphatic carbocycles. The second-order valence-corrected chi connectivity index (χ2v) is 11.6. The fourth-order valence-electron chi connectivity index (χ4n) is 4.28. The summed E-state index contributed by atoms with van der Waals surface area (Å²) < 4.78 is 18.6. The van der Waals surface area contributed by atoms with Gasteiger partial charge in [-0.25, -0.2) is 14.2 Å². The van der Waals surface area contributed by atoms with Gasteiger partial charge in [0.2, 0.25) is 0 Å². The lowest BCUT2D eigenvalue weighted by Gasteiger charge is -2.33. The number of nitriles is 1. The topological polar surface area (TPSA) is 75.0 Å². The van der Waals surface area contributed by atoms with Crippen LogP contribution in [0.1, 0.15) is 59.9 Å². The number of thiazole rings is 1. The van der Waals surface area contributed by atoms with E-state index >= 15 is 0 Å². The van der Waals surface area contributed by atoms with Crippen LogP contribution in [0.25, 0.3) is 16.8 Å². The van der Waals surface area contributed by atoms with E-state index in [1.807, 2.05) is 5.38 Å². The summed E-state index contributed by atoms with van der Waals surface area (Å²) in [5, 5.41) is 16.1. The van der Waals surface area contributed by atoms with E-state index in [0.717, 1.165) is 30.4 Å². The molecule has 0 aliphatic heterocycles. The van der Waals surface area contributed by atoms with Crippen LogP contribution < -0.4 is 5.32 Å². The number of halogens is 1. The smallest absolute Gasteiger partial charge is 0.341 e. The number of nitrogens with one attached hydrogen (secondary N) is 1. The molecule has 2 heterocycles. The minimum Gasteiger partial charge on any atom is -0.462 e. The number of fused-ring (bicyclic) bond motifs is 1. The van der Waals surface area contributed by atoms with E-state index in [4.69, 9.17) is 4.74 Å². The summed E-state index contributed by atoms with van der Waals surface area (Å²) in [5.74, 6) is -0.0979. The summed E-state index contributed by atoms with van der Waals surface area (Å²) in [5.41, 5.74) is 3.66. The van der Waals surface area contributed by atoms with Crippen molar-refractivity contribution < 1.29 is 13.9 Å². The van der Waals surface area contributed by atoms with Gasteiger partial charge in [-0.2, -0.15) is 5.26 Å². The van der Waals surface area contributed by atoms with Gasteiger partial charge in [0.25, 0.3) is 0 Å². The molecule has 4 rings (SSSR count). The van der Waals surface area contributed by atoms with Gasteiger partial charge in [0.1, 0.15) is 27.5 Å². The van der Waals surface area contributed by atoms with Gasteiger partial charge >= 0.3 is 5.97 Å². The van der Waals surface area contributed by atoms with Crippen molar-refractivity contribution in [3.63, 3.8) is 0 Å². The van der Waals surface area contributed by atoms with E-state index < -0.39 is 0 Å². The highest BCUT2D eigenvalue weighted by atomic mass is 32.1. The molecule has 0 saturated heterocycles. The number of thiophene rings is 1. The molecule has 1 aliphatic rings. The van der Waals surface area contributed by atoms with Crippen LogP contribution in [-0.4, -0.2) is 17.6 Å². The van der Waals surface area contributed by atoms with Crippen LogP contribution in [0, 0.1) is 28.5 Å². The highest BCUT2D eigenvalue weighted by Gasteiger charge is 2.34. The highest BCUT2D eigenvalue weighted by molar-refractivity contribution is 7.16. The molecule has 0 bridgehead atoms. The van der Waals surface area contributed by atoms with E-state index in [9.17, 15) is 14.4 Å². The minimum absolute atomic E-state index is 0.195. The second-order valence-electron chi connectivity index (χ2n) is 9.59. The maximum absolute atomic E-state index is 13.2. The minimum atomic E-state index is -0.332. The molecule has 1 N–H and O–H groups in total. The summed E-state index contributed by atoms with van der Waals surface area (Å²) in [6, 6.07) is 8.29. The summed E-state index contributed by atoms with van der Waals surface area (Å²) >= 11 is 2.91. The van der Waals surface area contributed by atoms with Crippen molar-refractivity contribution in [1.29, 1.82) is 5.26 Å². The molecule has 1 aromatic carbocycles. The number of allylic oxidation sites excluding steroid dienone is 1. The standard InChI is InChI=1S/C27H28FN3O2S2/c1-5-33-26(32)23-20-11-8-18(27(2,3)4)12-22(20)35-25(23)30-14-17(13-29)24-31-21(15-34-24)16-6-9-19(28)10-7-16/h6-7,9-10,14-15,18,30H,5,8,11-12H2,1-4H3. The van der Waals surface area contributed by atoms with Crippen LogP contribution in [-0.2, 0) is 17.6 Å². The summed E-state index contributed by atoms with van der Waals surface area (Å²) in [6.07, 6.45) is 4.41. The Labute approximate surface area is 213 Å². The molecular weight excluding hydrogens is 481 g/mol. The van der Waals surface area contributed by atoms with Gasteiger partial charge in [-0.3, -0.25) is 0 Å². The molecule has 3 aromatic rings. The number of carbonyl (C=O) groups excluding carboxylic acids is 1. The third-order valence-electron chi connectivity index (χ3n) is 6.31. The molecule has 0 saturated carbocycles. The Morgan fingerprint density at radius 3 is 2.74 bits per heavy atom. The average Bonchev–Trinajstić information content (AvgIpc) is 3.44. The van der Waals surface area contributed by atoms with Gasteiger partial charge in [0, 0.05) is 22.0 Å². The SMILES string of the molecule is CCOC(=O)c1c(NC=C(C#N)c2nc(-c3ccc(F)cc3)cs2)sc2c1CCC(C(C)(C)C)C2. The monoisotopic (exact) mass is 509 g/mol. The van der Waals surface area contributed by atoms with E-state index in [1.54, 1.807) is 36.6 Å². The Morgan fingerprint density at radius 1 is 1.34 bits per heavy atom. The Bertz CT molecular complexity index is 1290. The number of aromatic nitrogens is 1. The van der Waals surface area contributed by atoms with Crippen molar-refractivity contribution in [3.8, 4) is 17.3 Å². The van der Waals surface area contributed by atoms with Gasteiger partial charge in [0.15, 0.2) is 0 Å². The van der Waals surface area contributed by atoms with E-state index in [0.29, 0.717) is 39.4 Å². The molecule has 35 heavy (non-hydrogen) atoms. The molecule has 1 unspecified atom stereocenters. The first-order chi connectivity index (χ1) is 16.7. The van der Waals surface area contributed by atoms with Crippen LogP contribution >= 0.6 is 22.7 Å². The van der Waals surface area contributed by atoms with E-state index in [1.165, 1.54) is 28.3 Å². The van der Waals surface area contributed by atoms with Gasteiger partial charge in [-0.1, -0.05) is 20.8 Å². The van der Waals surface area contributed by atoms with Crippen molar-refractivity contribution in [2.24, 2.45) is 11.3 Å². The molecule has 5 nitrogen and oxygen atoms in total. The molecule has 2 aromatic heterocycles. The molecule has 0 radical (unpaired) electrons. The third-order valence-corrected chi connectivity index (χ3v) is 8.37. The molecule has 182 valence electrons. The number of esters is 1. The molecule has 8 heteroatoms. The van der Waals surface area contributed by atoms with Crippen LogP contribution in [0.2, 0.25) is 0 Å². The lowest BCUT2D eigenvalue weighted by molar-refractivity contribution is 0.0526. The van der Waals surface area contributed by atoms with Crippen molar-refractivity contribution in [2.75, 3.05) is 11.9 Å². The van der Waals surface area contributed by atoms with Gasteiger partial charge < -0.3 is 10.1 Å². The summed E-state index contributed by atoms with van der Waals surface area (Å²) in [7, 11) is 0. The lowest BCUT2D eigenvalue weighted by Crippen LogP contribution is -2.26. The Morgan fingerprint density at radius 2 is 2.09 bits per heavy atom. The number of nitrogens with zero attached hydrogens (tertiary/aromatic N) is 2. The van der Waals surface area contributed by atoms with Crippen molar-refractivity contribution >= 4 is 39.2 Å². The maximum atomic E-state index is 13.2. The Kier molecular flexibility index (Phi) is 7.39. The number of carbonyl (C=O) groups is 1. The highest BCUT2D eigenvalue weighted by Crippen LogP contribution is 2.44. The normalized spacial score (nSPS) is 15.9. The van der Waals surface area contributed by atoms with Crippen molar-refractivity contribution in [1.82, 2.24) is 4.98 Å². The number of anilines is 1. The molecular formula is C27H28FN3O2S2. The first kappa shape index (κ1) is 25.1. The number of ether oxygens (including phenoxy) is 1. The van der Waals surface area contributed by atoms with Crippen LogP contribution in [0.4, 0.5) is 9.39 Å². The van der Waals surface area contributed by atoms with Gasteiger partial charge in [-0.05, 0) is 67.3 Å². The zero-order valence-electron chi connectivity index (χ0n) is 20.3. The predicted octanol–water partition coefficient (Wildman–Crippen LogP) is 7.31. The average molecular weight is 510 g/mol. The molecule has 0 fully saturated rings. The fourth-order valence-corrected chi connectivity index (χ4v) is 6.36. The zero-order valence-corrected chi connectivity index (χ0v) is 21.9. The van der Waals surface area contributed by atoms with Crippen molar-refractivity contribution in [2.45, 2.75) is 47.0 Å². The van der Waals surface area contributed by atoms with Gasteiger partial charge in [0.05, 0.1) is 17.9 Å². The van der Waals surface area contributed by atoms with Crippen LogP contribution in [0.15, 0.2) is 35.8 Å². The number of hydrogen-bond acceptors (Lipinski definition) is 7. The third kappa shape index (κ3) is 5.47. The zero-order chi connectivity index (χ0) is 25.2. The predicted molar refractivity (Wildman–Crippen MR) is 140 cm³/mol. The van der Waals surface area contributed by atoms with E-state index in [2.05, 4.69) is 37.1 Å². The maximum Gasteiger partial charge on any atom is 0.341 e. The largest absolute Gasteiger partial charge is 0.462 e. The molecule has 0 spiro atoms. The first-order valence-electron chi connectivity index (χ1n) is 11.6. The first-order valence-corrected chi connectivity index (χ1v) is 13.3. The van der Waals surface area contributed by atoms with Crippen molar-refractivity contribution in [3.05, 3.63) is 62.7 Å². The summed E-state index contributed by atoms with van der Waals surface area (Å²) in [6.45, 7) is 8.89. The molecule has 0 amide bonds. The van der Waals surface area contributed by atoms with Crippen LogP contribution in [0.5, 0.6) is 0 Å². The number of benzene rings is 1. The molecule has 1 atom stereocenters. The lowest BCUT2D eigenvalue weighted by atomic mass is 9.72. The summed E-state index contributed by atoms with van der Waals surface area (Å²) in [4.78, 5) is 18.6. The Hall–Kier alpha value is -3.02. The number of rotatable bonds is 6. The quantitative estimate of drug-likeness (QED) is 0.278. The van der Waals surface area contributed by atoms with Gasteiger partial charge in [-0.15, -0.1) is 22.7 Å². The fraction of sp³-hybridized carbons (Fsp3) is 0.370.